The third kappa shape index (κ3) is 2.99. The summed E-state index contributed by atoms with van der Waals surface area (Å²) in [6.07, 6.45) is 0. The third-order valence-corrected chi connectivity index (χ3v) is 4.06. The van der Waals surface area contributed by atoms with E-state index in [2.05, 4.69) is 31.9 Å². The van der Waals surface area contributed by atoms with Crippen LogP contribution in [0.3, 0.4) is 0 Å². The molecule has 2 rings (SSSR count). The quantitative estimate of drug-likeness (QED) is 0.819. The van der Waals surface area contributed by atoms with Gasteiger partial charge in [-0.1, -0.05) is 15.9 Å². The number of anilines is 1. The number of halogens is 2. The molecule has 0 aliphatic carbocycles. The molecule has 2 N–H and O–H groups in total. The van der Waals surface area contributed by atoms with Gasteiger partial charge in [-0.3, -0.25) is 0 Å². The van der Waals surface area contributed by atoms with Crippen LogP contribution in [0.25, 0.3) is 0 Å². The molecule has 0 fully saturated rings. The molecule has 16 heavy (non-hydrogen) atoms. The molecule has 0 saturated carbocycles. The highest BCUT2D eigenvalue weighted by Crippen LogP contribution is 2.28. The van der Waals surface area contributed by atoms with E-state index in [1.54, 1.807) is 11.3 Å². The maximum Gasteiger partial charge on any atom is 0.142 e. The maximum absolute atomic E-state index is 5.83. The van der Waals surface area contributed by atoms with Gasteiger partial charge in [-0.2, -0.15) is 0 Å². The molecule has 2 aromatic rings. The van der Waals surface area contributed by atoms with Crippen molar-refractivity contribution >= 4 is 48.9 Å². The van der Waals surface area contributed by atoms with E-state index in [0.29, 0.717) is 18.0 Å². The summed E-state index contributed by atoms with van der Waals surface area (Å²) >= 11 is 8.43. The molecule has 5 heteroatoms. The van der Waals surface area contributed by atoms with Crippen molar-refractivity contribution in [2.75, 3.05) is 5.73 Å². The van der Waals surface area contributed by atoms with E-state index in [1.165, 1.54) is 0 Å². The highest BCUT2D eigenvalue weighted by molar-refractivity contribution is 9.11. The Kier molecular flexibility index (Phi) is 3.89. The summed E-state index contributed by atoms with van der Waals surface area (Å²) in [6.45, 7) is 0.544. The number of nitrogens with two attached hydrogens (primary N) is 1. The highest BCUT2D eigenvalue weighted by Gasteiger charge is 2.03. The van der Waals surface area contributed by atoms with Gasteiger partial charge in [-0.15, -0.1) is 11.3 Å². The zero-order chi connectivity index (χ0) is 11.5. The first-order valence-corrected chi connectivity index (χ1v) is 6.97. The van der Waals surface area contributed by atoms with Crippen molar-refractivity contribution in [2.45, 2.75) is 6.61 Å². The number of ether oxygens (including phenoxy) is 1. The highest BCUT2D eigenvalue weighted by atomic mass is 79.9. The van der Waals surface area contributed by atoms with Gasteiger partial charge >= 0.3 is 0 Å². The molecule has 1 aromatic carbocycles. The molecule has 0 spiro atoms. The van der Waals surface area contributed by atoms with Crippen LogP contribution < -0.4 is 10.5 Å². The van der Waals surface area contributed by atoms with E-state index < -0.39 is 0 Å². The molecule has 2 nitrogen and oxygen atoms in total. The van der Waals surface area contributed by atoms with Gasteiger partial charge in [-0.25, -0.2) is 0 Å². The molecule has 0 unspecified atom stereocenters. The lowest BCUT2D eigenvalue weighted by molar-refractivity contribution is 0.311. The minimum Gasteiger partial charge on any atom is -0.486 e. The topological polar surface area (TPSA) is 35.2 Å². The van der Waals surface area contributed by atoms with Crippen LogP contribution in [0, 0.1) is 0 Å². The summed E-state index contributed by atoms with van der Waals surface area (Å²) < 4.78 is 7.70. The van der Waals surface area contributed by atoms with E-state index in [9.17, 15) is 0 Å². The summed E-state index contributed by atoms with van der Waals surface area (Å²) in [5.74, 6) is 0.715. The predicted molar refractivity (Wildman–Crippen MR) is 74.9 cm³/mol. The molecule has 0 bridgehead atoms. The number of hydrogen-bond donors (Lipinski definition) is 1. The van der Waals surface area contributed by atoms with Gasteiger partial charge in [0.15, 0.2) is 0 Å². The van der Waals surface area contributed by atoms with Crippen molar-refractivity contribution < 1.29 is 4.74 Å². The minimum absolute atomic E-state index is 0.544. The molecule has 0 atom stereocenters. The van der Waals surface area contributed by atoms with Crippen LogP contribution in [0.4, 0.5) is 5.69 Å². The second kappa shape index (κ2) is 5.21. The van der Waals surface area contributed by atoms with Crippen LogP contribution in [0.15, 0.2) is 38.6 Å². The van der Waals surface area contributed by atoms with Crippen molar-refractivity contribution in [3.05, 3.63) is 43.5 Å². The van der Waals surface area contributed by atoms with E-state index in [4.69, 9.17) is 10.5 Å². The Morgan fingerprint density at radius 2 is 2.00 bits per heavy atom. The largest absolute Gasteiger partial charge is 0.486 e. The Balaban J connectivity index is 2.04. The van der Waals surface area contributed by atoms with Crippen molar-refractivity contribution in [2.24, 2.45) is 0 Å². The van der Waals surface area contributed by atoms with E-state index >= 15 is 0 Å². The van der Waals surface area contributed by atoms with Gasteiger partial charge in [-0.05, 0) is 46.3 Å². The SMILES string of the molecule is Nc1cc(Br)ccc1OCc1ccc(Br)s1. The van der Waals surface area contributed by atoms with E-state index in [1.807, 2.05) is 30.3 Å². The second-order valence-corrected chi connectivity index (χ2v) is 6.64. The number of hydrogen-bond acceptors (Lipinski definition) is 3. The molecule has 0 amide bonds. The number of rotatable bonds is 3. The number of nitrogen functional groups attached to an aromatic ring is 1. The summed E-state index contributed by atoms with van der Waals surface area (Å²) in [7, 11) is 0. The standard InChI is InChI=1S/C11H9Br2NOS/c12-7-1-3-10(9(14)5-7)15-6-8-2-4-11(13)16-8/h1-5H,6,14H2. The lowest BCUT2D eigenvalue weighted by Gasteiger charge is -2.07. The van der Waals surface area contributed by atoms with Crippen LogP contribution >= 0.6 is 43.2 Å². The Morgan fingerprint density at radius 1 is 1.19 bits per heavy atom. The Labute approximate surface area is 115 Å². The van der Waals surface area contributed by atoms with Gasteiger partial charge < -0.3 is 10.5 Å². The first kappa shape index (κ1) is 12.0. The second-order valence-electron chi connectivity index (χ2n) is 3.18. The molecule has 0 radical (unpaired) electrons. The van der Waals surface area contributed by atoms with Crippen molar-refractivity contribution in [3.8, 4) is 5.75 Å². The van der Waals surface area contributed by atoms with Gasteiger partial charge in [0.1, 0.15) is 12.4 Å². The van der Waals surface area contributed by atoms with E-state index in [-0.39, 0.29) is 0 Å². The van der Waals surface area contributed by atoms with Crippen molar-refractivity contribution in [1.29, 1.82) is 0 Å². The number of thiophene rings is 1. The van der Waals surface area contributed by atoms with Crippen molar-refractivity contribution in [1.82, 2.24) is 0 Å². The van der Waals surface area contributed by atoms with Gasteiger partial charge in [0.05, 0.1) is 9.47 Å². The Bertz CT molecular complexity index is 498. The molecule has 0 aliphatic rings. The Hall–Kier alpha value is -0.520. The predicted octanol–water partition coefficient (Wildman–Crippen LogP) is 4.43. The van der Waals surface area contributed by atoms with Crippen LogP contribution in [-0.2, 0) is 6.61 Å². The molecule has 0 aliphatic heterocycles. The number of benzene rings is 1. The summed E-state index contributed by atoms with van der Waals surface area (Å²) in [5.41, 5.74) is 6.47. The zero-order valence-electron chi connectivity index (χ0n) is 8.24. The average Bonchev–Trinajstić information content (AvgIpc) is 2.63. The fraction of sp³-hybridized carbons (Fsp3) is 0.0909. The first-order valence-electron chi connectivity index (χ1n) is 4.57. The van der Waals surface area contributed by atoms with Gasteiger partial charge in [0.25, 0.3) is 0 Å². The van der Waals surface area contributed by atoms with Crippen LogP contribution in [0.2, 0.25) is 0 Å². The smallest absolute Gasteiger partial charge is 0.142 e. The van der Waals surface area contributed by atoms with Crippen molar-refractivity contribution in [3.63, 3.8) is 0 Å². The average molecular weight is 363 g/mol. The maximum atomic E-state index is 5.83. The summed E-state index contributed by atoms with van der Waals surface area (Å²) in [4.78, 5) is 1.16. The lowest BCUT2D eigenvalue weighted by Crippen LogP contribution is -1.96. The molecule has 1 aromatic heterocycles. The third-order valence-electron chi connectivity index (χ3n) is 1.97. The molecule has 0 saturated heterocycles. The summed E-state index contributed by atoms with van der Waals surface area (Å²) in [6, 6.07) is 9.65. The van der Waals surface area contributed by atoms with Gasteiger partial charge in [0, 0.05) is 9.35 Å². The molecular weight excluding hydrogens is 354 g/mol. The van der Waals surface area contributed by atoms with E-state index in [0.717, 1.165) is 13.1 Å². The zero-order valence-corrected chi connectivity index (χ0v) is 12.2. The van der Waals surface area contributed by atoms with Crippen LogP contribution in [-0.4, -0.2) is 0 Å². The fourth-order valence-corrected chi connectivity index (χ4v) is 3.00. The minimum atomic E-state index is 0.544. The lowest BCUT2D eigenvalue weighted by atomic mass is 10.3. The fourth-order valence-electron chi connectivity index (χ4n) is 1.23. The monoisotopic (exact) mass is 361 g/mol. The molecule has 84 valence electrons. The van der Waals surface area contributed by atoms with Crippen LogP contribution in [0.1, 0.15) is 4.88 Å². The normalized spacial score (nSPS) is 10.4. The summed E-state index contributed by atoms with van der Waals surface area (Å²) in [5, 5.41) is 0. The van der Waals surface area contributed by atoms with Gasteiger partial charge in [0.2, 0.25) is 0 Å². The molecule has 1 heterocycles. The molecular formula is C11H9Br2NOS. The van der Waals surface area contributed by atoms with Crippen LogP contribution in [0.5, 0.6) is 5.75 Å². The first-order chi connectivity index (χ1) is 7.65. The Morgan fingerprint density at radius 3 is 2.62 bits per heavy atom.